The van der Waals surface area contributed by atoms with Crippen LogP contribution in [0.4, 0.5) is 0 Å². The van der Waals surface area contributed by atoms with Crippen LogP contribution in [0.2, 0.25) is 0 Å². The zero-order chi connectivity index (χ0) is 114. The molecule has 0 aromatic carbocycles. The van der Waals surface area contributed by atoms with Crippen molar-refractivity contribution >= 4 is 82.8 Å². The number of aliphatic carboxylic acids is 11. The van der Waals surface area contributed by atoms with Crippen LogP contribution in [0.3, 0.4) is 0 Å². The summed E-state index contributed by atoms with van der Waals surface area (Å²) >= 11 is 0. The molecule has 0 bridgehead atoms. The van der Waals surface area contributed by atoms with Crippen LogP contribution in [0.1, 0.15) is 326 Å². The Morgan fingerprint density at radius 1 is 0.266 bits per heavy atom. The second-order valence-electron chi connectivity index (χ2n) is 36.2. The van der Waals surface area contributed by atoms with Gasteiger partial charge < -0.3 is 220 Å². The molecule has 0 heterocycles. The van der Waals surface area contributed by atoms with Gasteiger partial charge in [0.1, 0.15) is 66.5 Å². The maximum Gasteiger partial charge on any atom is 0.320 e. The summed E-state index contributed by atoms with van der Waals surface area (Å²) in [6.45, 7) is 18.4. The van der Waals surface area contributed by atoms with Crippen molar-refractivity contribution in [2.75, 3.05) is 26.3 Å². The number of allylic oxidation sites excluding steroid dienone is 3. The molecule has 0 saturated heterocycles. The zero-order valence-corrected chi connectivity index (χ0v) is 87.2. The third kappa shape index (κ3) is 133. The summed E-state index contributed by atoms with van der Waals surface area (Å²) < 4.78 is 5.18. The molecule has 0 amide bonds. The number of nitrogens with two attached hydrogens (primary N) is 25. The molecule has 0 spiro atoms. The van der Waals surface area contributed by atoms with Gasteiger partial charge in [-0.15, -0.1) is 0 Å². The first-order valence-electron chi connectivity index (χ1n) is 49.0. The zero-order valence-electron chi connectivity index (χ0n) is 87.2. The molecule has 0 fully saturated rings. The molecule has 0 aromatic heterocycles. The van der Waals surface area contributed by atoms with Crippen LogP contribution < -0.4 is 143 Å². The van der Waals surface area contributed by atoms with Crippen molar-refractivity contribution in [3.05, 3.63) is 23.2 Å². The van der Waals surface area contributed by atoms with Crippen LogP contribution in [0.5, 0.6) is 0 Å². The average Bonchev–Trinajstić information content (AvgIpc) is 0.972. The van der Waals surface area contributed by atoms with Crippen molar-refractivity contribution in [3.8, 4) is 0 Å². The number of carbonyl (C=O) groups is 11. The van der Waals surface area contributed by atoms with Gasteiger partial charge in [-0.25, -0.2) is 0 Å². The number of nitrogens with one attached hydrogen (secondary N) is 3. The molecule has 0 aliphatic rings. The first-order chi connectivity index (χ1) is 66.1. The lowest BCUT2D eigenvalue weighted by atomic mass is 10.0. The van der Waals surface area contributed by atoms with Gasteiger partial charge in [0, 0.05) is 95.2 Å². The second kappa shape index (κ2) is 105. The molecule has 0 aromatic rings. The van der Waals surface area contributed by atoms with Gasteiger partial charge in [-0.2, -0.15) is 0 Å². The summed E-state index contributed by atoms with van der Waals surface area (Å²) in [5.74, 6) is -10.5. The molecule has 0 aliphatic heterocycles. The van der Waals surface area contributed by atoms with E-state index in [1.807, 2.05) is 27.7 Å². The SMILES string of the molecule is C/C(N)=C(/N)CCC(N)C(=O)O.C/C(N)=C/C(N)CCC(N)C(=O)O.CC(=N)CCCCCCC(N)C(=O)O.CC(=N)CCCCCCCC(N)C(=O)O.CC(=N)COCCCCCC(N)C(=O)O.CC(N)C(N)CCC(N)C(=O)O.CC(N)CC(N)CCC(N)C(=O)O.CC(N)CCC(N)CCCC(N)C(=O)O.CC(N)CCCCC(N)C(=O)O.NCCC(N)CCC(N)C(=O)O.NCCCCC(N)C(=O)O. The average molecular weight is 2070 g/mol. The standard InChI is InChI=1S/C11H22N2O2.C10H23N3O2.C10H20N2O3.C10H20N2O2.C8H19N3O2.C8H17N3O2.C8H18N2O2.C7H17N3O2.C7H15N3O2.C7H17N3O2.C6H14N2O2/c1-9(12)7-5-3-2-4-6-8-10(13)11(14)15;1-7(11)5-6-8(12)3-2-4-9(13)10(14)15;1-8(11)7-15-6-4-2-3-5-9(12)10(13)14;1-8(11)6-4-2-3-5-7-9(12)10(13)14;2*1-5(9)4-6(10)2-3-7(11)8(12)13;1-6(9)4-2-3-5-7(10)8(11)12;2*1-4(8)5(9)2-3-6(10)7(11)12;8-4-3-5(9)1-2-6(10)7(11)12;7-4-2-1-3-5(8)6(9)10/h10,12H,2-8,13H2,1H3,(H,14,15);7-9H,2-6,11-13H2,1H3,(H,14,15);9,11H,2-7,12H2,1H3,(H,13,14);9,11H,2-7,12H2,1H3,(H,13,14);5-7H,2-4,9-11H2,1H3,(H,12,13);4,6-7H,2-3,9-11H2,1H3,(H,12,13);6-7H,2-5,9-10H2,1H3,(H,11,12);4-6H,2-3,8-10H2,1H3,(H,11,12);6H,2-3,8-10H2,1H3,(H,11,12);5-6H,1-4,8-10H2,(H,11,12);5H,1-4,7-8H2,(H,9,10)/b;;;;;5-4-;;;5-4-;;. The van der Waals surface area contributed by atoms with Crippen molar-refractivity contribution in [2.45, 2.75) is 446 Å². The van der Waals surface area contributed by atoms with E-state index in [1.54, 1.807) is 40.7 Å². The highest BCUT2D eigenvalue weighted by Crippen LogP contribution is 2.14. The molecule has 20 unspecified atom stereocenters. The molecule has 848 valence electrons. The van der Waals surface area contributed by atoms with Crippen LogP contribution in [0.25, 0.3) is 0 Å². The van der Waals surface area contributed by atoms with Gasteiger partial charge in [0.2, 0.25) is 0 Å². The Morgan fingerprint density at radius 2 is 0.538 bits per heavy atom. The fraction of sp³-hybridized carbons (Fsp3) is 0.804. The Labute approximate surface area is 848 Å². The Bertz CT molecular complexity index is 3280. The maximum atomic E-state index is 10.4. The molecule has 20 atom stereocenters. The highest BCUT2D eigenvalue weighted by Gasteiger charge is 2.21. The van der Waals surface area contributed by atoms with Gasteiger partial charge in [0.25, 0.3) is 0 Å². The summed E-state index contributed by atoms with van der Waals surface area (Å²) in [5, 5.41) is 115. The Hall–Kier alpha value is -8.86. The highest BCUT2D eigenvalue weighted by molar-refractivity contribution is 5.80. The monoisotopic (exact) mass is 2070 g/mol. The summed E-state index contributed by atoms with van der Waals surface area (Å²) in [6, 6.07) is -8.50. The molecule has 0 radical (unpaired) electrons. The first kappa shape index (κ1) is 157. The number of unbranched alkanes of at least 4 members (excludes halogenated alkanes) is 11. The topological polar surface area (TPSA) is 1140 Å². The smallest absolute Gasteiger partial charge is 0.320 e. The largest absolute Gasteiger partial charge is 0.480 e. The molecule has 51 heteroatoms. The molecular formula is C92H202N28O23. The first-order valence-corrected chi connectivity index (χ1v) is 49.0. The number of hydrogen-bond acceptors (Lipinski definition) is 40. The van der Waals surface area contributed by atoms with Crippen molar-refractivity contribution in [1.29, 1.82) is 16.2 Å². The van der Waals surface area contributed by atoms with E-state index in [4.69, 9.17) is 220 Å². The Balaban J connectivity index is -0.000000149. The van der Waals surface area contributed by atoms with Crippen LogP contribution in [0.15, 0.2) is 23.2 Å². The van der Waals surface area contributed by atoms with Crippen molar-refractivity contribution in [1.82, 2.24) is 0 Å². The molecule has 0 rings (SSSR count). The fourth-order valence-corrected chi connectivity index (χ4v) is 11.0. The Morgan fingerprint density at radius 3 is 0.839 bits per heavy atom. The molecule has 0 aliphatic carbocycles. The van der Waals surface area contributed by atoms with E-state index in [1.165, 1.54) is 0 Å². The predicted molar refractivity (Wildman–Crippen MR) is 564 cm³/mol. The van der Waals surface area contributed by atoms with Gasteiger partial charge in [0.15, 0.2) is 0 Å². The van der Waals surface area contributed by atoms with E-state index in [2.05, 4.69) is 0 Å². The van der Waals surface area contributed by atoms with Gasteiger partial charge in [-0.05, 0) is 268 Å². The summed E-state index contributed by atoms with van der Waals surface area (Å²) in [4.78, 5) is 113. The van der Waals surface area contributed by atoms with E-state index >= 15 is 0 Å². The van der Waals surface area contributed by atoms with Crippen molar-refractivity contribution in [3.63, 3.8) is 0 Å². The van der Waals surface area contributed by atoms with Gasteiger partial charge >= 0.3 is 65.7 Å². The summed E-state index contributed by atoms with van der Waals surface area (Å²) in [7, 11) is 0. The van der Waals surface area contributed by atoms with Gasteiger partial charge in [-0.3, -0.25) is 52.7 Å². The van der Waals surface area contributed by atoms with Gasteiger partial charge in [0.05, 0.1) is 6.61 Å². The minimum atomic E-state index is -1.02. The number of carboxylic acids is 11. The van der Waals surface area contributed by atoms with Gasteiger partial charge in [-0.1, -0.05) is 77.0 Å². The lowest BCUT2D eigenvalue weighted by Gasteiger charge is -2.16. The number of ether oxygens (including phenoxy) is 1. The van der Waals surface area contributed by atoms with E-state index < -0.39 is 132 Å². The molecule has 143 heavy (non-hydrogen) atoms. The fourth-order valence-electron chi connectivity index (χ4n) is 11.0. The van der Waals surface area contributed by atoms with E-state index in [-0.39, 0.29) is 54.4 Å². The summed E-state index contributed by atoms with van der Waals surface area (Å²) in [6.07, 6.45) is 32.2. The number of hydrogen-bond donors (Lipinski definition) is 39. The van der Waals surface area contributed by atoms with Crippen molar-refractivity contribution < 1.29 is 114 Å². The normalized spacial score (nSPS) is 15.1. The number of rotatable bonds is 71. The Kier molecular flexibility index (Phi) is 115. The van der Waals surface area contributed by atoms with E-state index in [0.717, 1.165) is 153 Å². The highest BCUT2D eigenvalue weighted by atomic mass is 16.5. The van der Waals surface area contributed by atoms with Crippen LogP contribution in [-0.2, 0) is 57.5 Å². The lowest BCUT2D eigenvalue weighted by Crippen LogP contribution is -2.41. The van der Waals surface area contributed by atoms with Crippen LogP contribution >= 0.6 is 0 Å². The number of carboxylic acid groups (broad SMARTS) is 11. The van der Waals surface area contributed by atoms with Crippen molar-refractivity contribution in [2.24, 2.45) is 143 Å². The molecule has 0 saturated carbocycles. The maximum absolute atomic E-state index is 10.4. The predicted octanol–water partition coefficient (Wildman–Crippen LogP) is 0.465. The lowest BCUT2D eigenvalue weighted by molar-refractivity contribution is -0.139. The quantitative estimate of drug-likeness (QED) is 0.0291. The molecule has 51 nitrogen and oxygen atoms in total. The molecular weight excluding hydrogens is 1870 g/mol. The van der Waals surface area contributed by atoms with Crippen LogP contribution in [0, 0.1) is 16.2 Å². The van der Waals surface area contributed by atoms with Crippen LogP contribution in [-0.4, -0.2) is 286 Å². The summed E-state index contributed by atoms with van der Waals surface area (Å²) in [5.41, 5.74) is 139. The third-order valence-electron chi connectivity index (χ3n) is 20.4. The second-order valence-corrected chi connectivity index (χ2v) is 36.2. The molecule has 64 N–H and O–H groups in total. The minimum absolute atomic E-state index is 0.0274. The van der Waals surface area contributed by atoms with E-state index in [9.17, 15) is 52.7 Å². The van der Waals surface area contributed by atoms with E-state index in [0.29, 0.717) is 170 Å². The minimum Gasteiger partial charge on any atom is -0.480 e. The third-order valence-corrected chi connectivity index (χ3v) is 20.4.